The van der Waals surface area contributed by atoms with Crippen LogP contribution in [-0.2, 0) is 17.6 Å². The van der Waals surface area contributed by atoms with E-state index in [0.717, 1.165) is 22.7 Å². The molecule has 0 atom stereocenters. The number of hydrogen-bond acceptors (Lipinski definition) is 6. The molecule has 0 saturated carbocycles. The topological polar surface area (TPSA) is 60.5 Å². The van der Waals surface area contributed by atoms with E-state index in [1.54, 1.807) is 43.0 Å². The Kier molecular flexibility index (Phi) is 6.47. The molecule has 1 N–H and O–H groups in total. The summed E-state index contributed by atoms with van der Waals surface area (Å²) in [6.45, 7) is 2.61. The van der Waals surface area contributed by atoms with Gasteiger partial charge in [0.2, 0.25) is 5.91 Å². The van der Waals surface area contributed by atoms with Gasteiger partial charge in [0.15, 0.2) is 0 Å². The van der Waals surface area contributed by atoms with Gasteiger partial charge in [0.1, 0.15) is 11.5 Å². The molecule has 2 heterocycles. The van der Waals surface area contributed by atoms with Crippen molar-refractivity contribution in [2.45, 2.75) is 19.8 Å². The van der Waals surface area contributed by atoms with Gasteiger partial charge in [0, 0.05) is 28.4 Å². The van der Waals surface area contributed by atoms with Crippen LogP contribution in [0.5, 0.6) is 11.5 Å². The van der Waals surface area contributed by atoms with Gasteiger partial charge in [-0.15, -0.1) is 22.7 Å². The van der Waals surface area contributed by atoms with Crippen LogP contribution in [0.3, 0.4) is 0 Å². The van der Waals surface area contributed by atoms with Gasteiger partial charge in [-0.25, -0.2) is 4.98 Å². The fourth-order valence-corrected chi connectivity index (χ4v) is 4.34. The maximum Gasteiger partial charge on any atom is 0.224 e. The van der Waals surface area contributed by atoms with E-state index in [1.165, 1.54) is 9.75 Å². The molecular formula is C20H22N2O3S2. The van der Waals surface area contributed by atoms with E-state index in [9.17, 15) is 4.79 Å². The van der Waals surface area contributed by atoms with E-state index in [4.69, 9.17) is 9.47 Å². The van der Waals surface area contributed by atoms with Gasteiger partial charge in [-0.2, -0.15) is 0 Å². The second kappa shape index (κ2) is 9.01. The van der Waals surface area contributed by atoms with Crippen LogP contribution in [0.4, 0.5) is 0 Å². The summed E-state index contributed by atoms with van der Waals surface area (Å²) in [5, 5.41) is 6.13. The zero-order valence-electron chi connectivity index (χ0n) is 15.6. The zero-order chi connectivity index (χ0) is 19.2. The maximum atomic E-state index is 12.3. The number of carbonyl (C=O) groups excluding carboxylic acids is 1. The Labute approximate surface area is 167 Å². The summed E-state index contributed by atoms with van der Waals surface area (Å²) in [6.07, 6.45) is 1.08. The van der Waals surface area contributed by atoms with Crippen molar-refractivity contribution in [3.63, 3.8) is 0 Å². The first kappa shape index (κ1) is 19.4. The van der Waals surface area contributed by atoms with E-state index >= 15 is 0 Å². The summed E-state index contributed by atoms with van der Waals surface area (Å²) in [6, 6.07) is 9.68. The summed E-state index contributed by atoms with van der Waals surface area (Å²) in [4.78, 5) is 19.2. The molecule has 1 amide bonds. The van der Waals surface area contributed by atoms with Gasteiger partial charge < -0.3 is 14.8 Å². The Morgan fingerprint density at radius 1 is 1.19 bits per heavy atom. The maximum absolute atomic E-state index is 12.3. The average Bonchev–Trinajstić information content (AvgIpc) is 3.31. The smallest absolute Gasteiger partial charge is 0.224 e. The van der Waals surface area contributed by atoms with E-state index in [2.05, 4.69) is 27.8 Å². The lowest BCUT2D eigenvalue weighted by molar-refractivity contribution is -0.120. The lowest BCUT2D eigenvalue weighted by Crippen LogP contribution is -2.27. The summed E-state index contributed by atoms with van der Waals surface area (Å²) in [5.41, 5.74) is 1.87. The summed E-state index contributed by atoms with van der Waals surface area (Å²) >= 11 is 3.38. The molecule has 0 radical (unpaired) electrons. The molecule has 0 aliphatic carbocycles. The van der Waals surface area contributed by atoms with Crippen molar-refractivity contribution in [1.29, 1.82) is 0 Å². The molecule has 5 nitrogen and oxygen atoms in total. The highest BCUT2D eigenvalue weighted by Gasteiger charge is 2.11. The lowest BCUT2D eigenvalue weighted by atomic mass is 10.1. The SMILES string of the molecule is COc1ccc(CC(=O)NCCc2ccc(-c3csc(C)n3)s2)c(OC)c1. The van der Waals surface area contributed by atoms with Crippen LogP contribution in [0, 0.1) is 6.92 Å². The number of aryl methyl sites for hydroxylation is 1. The minimum absolute atomic E-state index is 0.0228. The van der Waals surface area contributed by atoms with Crippen molar-refractivity contribution in [3.8, 4) is 22.1 Å². The highest BCUT2D eigenvalue weighted by Crippen LogP contribution is 2.29. The van der Waals surface area contributed by atoms with Crippen LogP contribution in [0.2, 0.25) is 0 Å². The van der Waals surface area contributed by atoms with Gasteiger partial charge in [-0.1, -0.05) is 6.07 Å². The van der Waals surface area contributed by atoms with Crippen molar-refractivity contribution in [2.24, 2.45) is 0 Å². The van der Waals surface area contributed by atoms with Crippen LogP contribution in [0.15, 0.2) is 35.7 Å². The molecule has 0 spiro atoms. The van der Waals surface area contributed by atoms with Gasteiger partial charge in [0.05, 0.1) is 36.2 Å². The fraction of sp³-hybridized carbons (Fsp3) is 0.300. The third-order valence-electron chi connectivity index (χ3n) is 4.07. The van der Waals surface area contributed by atoms with E-state index in [1.807, 2.05) is 19.1 Å². The van der Waals surface area contributed by atoms with Gasteiger partial charge in [-0.3, -0.25) is 4.79 Å². The quantitative estimate of drug-likeness (QED) is 0.616. The Hall–Kier alpha value is -2.38. The molecule has 0 saturated heterocycles. The van der Waals surface area contributed by atoms with Crippen molar-refractivity contribution < 1.29 is 14.3 Å². The van der Waals surface area contributed by atoms with Gasteiger partial charge >= 0.3 is 0 Å². The molecule has 0 aliphatic heterocycles. The number of thiophene rings is 1. The number of methoxy groups -OCH3 is 2. The van der Waals surface area contributed by atoms with Crippen LogP contribution in [-0.4, -0.2) is 31.7 Å². The molecule has 0 bridgehead atoms. The lowest BCUT2D eigenvalue weighted by Gasteiger charge is -2.10. The van der Waals surface area contributed by atoms with Crippen LogP contribution in [0.25, 0.3) is 10.6 Å². The summed E-state index contributed by atoms with van der Waals surface area (Å²) in [7, 11) is 3.20. The predicted molar refractivity (Wildman–Crippen MR) is 110 cm³/mol. The Bertz CT molecular complexity index is 918. The number of ether oxygens (including phenoxy) is 2. The monoisotopic (exact) mass is 402 g/mol. The van der Waals surface area contributed by atoms with Crippen LogP contribution < -0.4 is 14.8 Å². The van der Waals surface area contributed by atoms with Crippen LogP contribution >= 0.6 is 22.7 Å². The predicted octanol–water partition coefficient (Wildman–Crippen LogP) is 4.10. The van der Waals surface area contributed by atoms with E-state index in [-0.39, 0.29) is 12.3 Å². The van der Waals surface area contributed by atoms with E-state index in [0.29, 0.717) is 18.0 Å². The minimum atomic E-state index is -0.0228. The molecule has 3 aromatic rings. The second-order valence-electron chi connectivity index (χ2n) is 5.97. The second-order valence-corrected chi connectivity index (χ2v) is 8.20. The molecule has 0 fully saturated rings. The number of nitrogens with zero attached hydrogens (tertiary/aromatic N) is 1. The van der Waals surface area contributed by atoms with Gasteiger partial charge in [0.25, 0.3) is 0 Å². The number of hydrogen-bond donors (Lipinski definition) is 1. The van der Waals surface area contributed by atoms with Gasteiger partial charge in [-0.05, 0) is 31.5 Å². The molecule has 142 valence electrons. The Morgan fingerprint density at radius 3 is 2.74 bits per heavy atom. The molecular weight excluding hydrogens is 380 g/mol. The molecule has 27 heavy (non-hydrogen) atoms. The first-order valence-corrected chi connectivity index (χ1v) is 10.3. The number of carbonyl (C=O) groups is 1. The highest BCUT2D eigenvalue weighted by molar-refractivity contribution is 7.16. The fourth-order valence-electron chi connectivity index (χ4n) is 2.69. The number of benzene rings is 1. The van der Waals surface area contributed by atoms with Crippen molar-refractivity contribution in [2.75, 3.05) is 20.8 Å². The average molecular weight is 403 g/mol. The minimum Gasteiger partial charge on any atom is -0.497 e. The summed E-state index contributed by atoms with van der Waals surface area (Å²) < 4.78 is 10.5. The van der Waals surface area contributed by atoms with Crippen molar-refractivity contribution >= 4 is 28.6 Å². The number of rotatable bonds is 8. The molecule has 7 heteroatoms. The number of thiazole rings is 1. The molecule has 0 unspecified atom stereocenters. The van der Waals surface area contributed by atoms with Crippen LogP contribution in [0.1, 0.15) is 15.4 Å². The third-order valence-corrected chi connectivity index (χ3v) is 6.01. The van der Waals surface area contributed by atoms with E-state index < -0.39 is 0 Å². The number of aromatic nitrogens is 1. The molecule has 2 aromatic heterocycles. The van der Waals surface area contributed by atoms with Crippen molar-refractivity contribution in [3.05, 3.63) is 51.2 Å². The van der Waals surface area contributed by atoms with Crippen molar-refractivity contribution in [1.82, 2.24) is 10.3 Å². The molecule has 1 aromatic carbocycles. The largest absolute Gasteiger partial charge is 0.497 e. The number of nitrogens with one attached hydrogen (secondary N) is 1. The molecule has 0 aliphatic rings. The normalized spacial score (nSPS) is 10.6. The Morgan fingerprint density at radius 2 is 2.04 bits per heavy atom. The third kappa shape index (κ3) is 5.08. The highest BCUT2D eigenvalue weighted by atomic mass is 32.1. The Balaban J connectivity index is 1.51. The zero-order valence-corrected chi connectivity index (χ0v) is 17.2. The molecule has 3 rings (SSSR count). The standard InChI is InChI=1S/C20H22N2O3S2/c1-13-22-17(12-26-13)19-7-6-16(27-19)8-9-21-20(23)10-14-4-5-15(24-2)11-18(14)25-3/h4-7,11-12H,8-10H2,1-3H3,(H,21,23). The first-order chi connectivity index (χ1) is 13.1. The number of amides is 1. The summed E-state index contributed by atoms with van der Waals surface area (Å²) in [5.74, 6) is 1.34. The first-order valence-electron chi connectivity index (χ1n) is 8.58.